The number of aromatic nitrogens is 2. The first kappa shape index (κ1) is 30.1. The Morgan fingerprint density at radius 2 is 1.43 bits per heavy atom. The molecular weight excluding hydrogens is 767 g/mol. The van der Waals surface area contributed by atoms with Crippen LogP contribution in [0.15, 0.2) is 122 Å². The molecule has 0 saturated carbocycles. The molecule has 1 aliphatic rings. The van der Waals surface area contributed by atoms with Crippen LogP contribution in [0, 0.1) is 26.0 Å². The second kappa shape index (κ2) is 11.6. The van der Waals surface area contributed by atoms with Crippen LogP contribution in [-0.2, 0) is 20.1 Å². The number of benzene rings is 6. The zero-order valence-electron chi connectivity index (χ0n) is 25.0. The Labute approximate surface area is 280 Å². The van der Waals surface area contributed by atoms with Gasteiger partial charge in [-0.15, -0.1) is 59.5 Å². The summed E-state index contributed by atoms with van der Waals surface area (Å²) in [5.74, 6) is 0. The fourth-order valence-electron chi connectivity index (χ4n) is 6.44. The fourth-order valence-corrected chi connectivity index (χ4v) is 8.46. The van der Waals surface area contributed by atoms with Crippen LogP contribution in [-0.4, -0.2) is 18.7 Å². The van der Waals surface area contributed by atoms with Crippen molar-refractivity contribution in [2.45, 2.75) is 13.8 Å². The quantitative estimate of drug-likeness (QED) is 0.0718. The molecule has 225 valence electrons. The predicted octanol–water partition coefficient (Wildman–Crippen LogP) is 9.13. The summed E-state index contributed by atoms with van der Waals surface area (Å²) < 4.78 is 32.7. The van der Waals surface area contributed by atoms with Gasteiger partial charge >= 0.3 is 8.74 Å². The molecule has 0 N–H and O–H groups in total. The van der Waals surface area contributed by atoms with Crippen LogP contribution in [0.5, 0.6) is 0 Å². The maximum Gasteiger partial charge on any atom is 0.451 e. The van der Waals surface area contributed by atoms with Gasteiger partial charge in [0.25, 0.3) is 0 Å². The van der Waals surface area contributed by atoms with E-state index in [1.54, 1.807) is 24.5 Å². The van der Waals surface area contributed by atoms with E-state index in [-0.39, 0.29) is 30.5 Å². The predicted molar refractivity (Wildman–Crippen MR) is 184 cm³/mol. The average Bonchev–Trinajstić information content (AvgIpc) is 3.08. The van der Waals surface area contributed by atoms with E-state index in [1.807, 2.05) is 72.8 Å². The summed E-state index contributed by atoms with van der Waals surface area (Å²) in [5.41, 5.74) is 5.44. The van der Waals surface area contributed by atoms with Crippen molar-refractivity contribution in [3.05, 3.63) is 145 Å². The van der Waals surface area contributed by atoms with E-state index in [0.29, 0.717) is 16.6 Å². The minimum absolute atomic E-state index is 0. The van der Waals surface area contributed by atoms with Gasteiger partial charge in [-0.05, 0) is 86.4 Å². The molecule has 0 spiro atoms. The summed E-state index contributed by atoms with van der Waals surface area (Å²) in [4.78, 5) is 8.82. The summed E-state index contributed by atoms with van der Waals surface area (Å²) >= 11 is 0. The van der Waals surface area contributed by atoms with Gasteiger partial charge in [0.1, 0.15) is 0 Å². The molecule has 2 nitrogen and oxygen atoms in total. The second-order valence-corrected chi connectivity index (χ2v) is 13.8. The van der Waals surface area contributed by atoms with E-state index in [9.17, 15) is 0 Å². The molecular formula is C40H26F2IrN2Si-2. The van der Waals surface area contributed by atoms with Gasteiger partial charge in [-0.2, -0.15) is 0 Å². The molecule has 9 rings (SSSR count). The number of hydrogen-bond acceptors (Lipinski definition) is 2. The summed E-state index contributed by atoms with van der Waals surface area (Å²) in [5, 5.41) is 7.29. The molecule has 1 radical (unpaired) electrons. The van der Waals surface area contributed by atoms with Gasteiger partial charge in [0, 0.05) is 43.4 Å². The van der Waals surface area contributed by atoms with Crippen LogP contribution >= 0.6 is 0 Å². The average molecular weight is 793 g/mol. The van der Waals surface area contributed by atoms with Crippen LogP contribution in [0.4, 0.5) is 8.22 Å². The van der Waals surface area contributed by atoms with Crippen molar-refractivity contribution >= 4 is 62.2 Å². The first-order valence-corrected chi connectivity index (χ1v) is 16.6. The number of fused-ring (bicyclic) bond motifs is 7. The van der Waals surface area contributed by atoms with Gasteiger partial charge < -0.3 is 4.98 Å². The van der Waals surface area contributed by atoms with Crippen molar-refractivity contribution in [2.75, 3.05) is 0 Å². The monoisotopic (exact) mass is 793 g/mol. The normalized spacial score (nSPS) is 12.8. The molecule has 0 unspecified atom stereocenters. The van der Waals surface area contributed by atoms with E-state index in [1.165, 1.54) is 5.56 Å². The Kier molecular flexibility index (Phi) is 7.60. The topological polar surface area (TPSA) is 25.8 Å². The van der Waals surface area contributed by atoms with Gasteiger partial charge in [0.05, 0.1) is 0 Å². The van der Waals surface area contributed by atoms with Crippen molar-refractivity contribution in [1.82, 2.24) is 9.97 Å². The van der Waals surface area contributed by atoms with Gasteiger partial charge in [-0.3, -0.25) is 13.2 Å². The Morgan fingerprint density at radius 3 is 2.24 bits per heavy atom. The van der Waals surface area contributed by atoms with Crippen LogP contribution in [0.2, 0.25) is 0 Å². The zero-order chi connectivity index (χ0) is 30.7. The number of halogens is 2. The first-order valence-electron chi connectivity index (χ1n) is 14.9. The van der Waals surface area contributed by atoms with Crippen LogP contribution < -0.4 is 10.4 Å². The van der Waals surface area contributed by atoms with Gasteiger partial charge in [-0.1, -0.05) is 65.5 Å². The number of rotatable bonds is 1. The van der Waals surface area contributed by atoms with Crippen molar-refractivity contribution in [1.29, 1.82) is 0 Å². The molecule has 0 saturated heterocycles. The standard InChI is InChI=1S/C29H18F2NSi.C11H8N.Ir/c1-16-11-20-7-8-21-22-9-10-32-29-25-13-18-5-3-4-6-19(18)14-26(25)33(30,31)27(28(22)29)15-24(21)23(20)12-17(16)2;1-2-6-10(7-3-1)11-8-4-5-9-12-11;/h3-12,14-15H,1-2H3;1-6,8-9H;/q2*-1;. The van der Waals surface area contributed by atoms with Gasteiger partial charge in [-0.25, -0.2) is 0 Å². The molecule has 0 bridgehead atoms. The molecule has 3 heterocycles. The maximum atomic E-state index is 16.3. The molecule has 6 aromatic carbocycles. The summed E-state index contributed by atoms with van der Waals surface area (Å²) in [6.45, 7) is 4.15. The Balaban J connectivity index is 0.000000220. The van der Waals surface area contributed by atoms with Crippen LogP contribution in [0.1, 0.15) is 11.1 Å². The minimum atomic E-state index is -4.98. The first-order chi connectivity index (χ1) is 21.9. The van der Waals surface area contributed by atoms with Gasteiger partial charge in [0.15, 0.2) is 0 Å². The zero-order valence-corrected chi connectivity index (χ0v) is 28.4. The molecule has 0 aliphatic carbocycles. The molecule has 0 amide bonds. The largest absolute Gasteiger partial charge is 0.451 e. The number of hydrogen-bond donors (Lipinski definition) is 0. The third-order valence-electron chi connectivity index (χ3n) is 8.83. The summed E-state index contributed by atoms with van der Waals surface area (Å²) in [6.07, 6.45) is 3.53. The van der Waals surface area contributed by atoms with E-state index in [4.69, 9.17) is 0 Å². The van der Waals surface area contributed by atoms with E-state index < -0.39 is 8.74 Å². The van der Waals surface area contributed by atoms with Gasteiger partial charge in [0.2, 0.25) is 0 Å². The van der Waals surface area contributed by atoms with E-state index in [0.717, 1.165) is 54.5 Å². The smallest absolute Gasteiger partial charge is 0.305 e. The molecule has 8 aromatic rings. The van der Waals surface area contributed by atoms with E-state index >= 15 is 8.22 Å². The van der Waals surface area contributed by atoms with Crippen LogP contribution in [0.3, 0.4) is 0 Å². The molecule has 0 atom stereocenters. The number of pyridine rings is 2. The van der Waals surface area contributed by atoms with Crippen molar-refractivity contribution in [3.63, 3.8) is 0 Å². The maximum absolute atomic E-state index is 16.3. The third-order valence-corrected chi connectivity index (χ3v) is 11.0. The molecule has 0 fully saturated rings. The Bertz CT molecular complexity index is 2390. The molecule has 1 aliphatic heterocycles. The minimum Gasteiger partial charge on any atom is -0.305 e. The molecule has 2 aromatic heterocycles. The number of nitrogens with zero attached hydrogens (tertiary/aromatic N) is 2. The van der Waals surface area contributed by atoms with Crippen molar-refractivity contribution in [2.24, 2.45) is 0 Å². The van der Waals surface area contributed by atoms with Crippen molar-refractivity contribution in [3.8, 4) is 22.5 Å². The Morgan fingerprint density at radius 1 is 0.630 bits per heavy atom. The van der Waals surface area contributed by atoms with E-state index in [2.05, 4.69) is 60.2 Å². The Hall–Kier alpha value is -4.61. The number of aryl methyl sites for hydroxylation is 2. The van der Waals surface area contributed by atoms with Crippen molar-refractivity contribution < 1.29 is 28.3 Å². The molecule has 6 heteroatoms. The van der Waals surface area contributed by atoms with Crippen LogP contribution in [0.25, 0.3) is 65.6 Å². The SMILES string of the molecule is Cc1cc2ccc3c4ccnc5c4c(cc3c2cc1C)[Si](F)(F)c1cc2ccccc2[c-]c1-5.[Ir].[c-]1ccccc1-c1ccccn1. The second-order valence-electron chi connectivity index (χ2n) is 11.5. The molecule has 46 heavy (non-hydrogen) atoms. The third kappa shape index (κ3) is 4.85. The fraction of sp³-hybridized carbons (Fsp3) is 0.0500. The summed E-state index contributed by atoms with van der Waals surface area (Å²) in [7, 11) is -4.98. The summed E-state index contributed by atoms with van der Waals surface area (Å²) in [6, 6.07) is 41.4.